The van der Waals surface area contributed by atoms with Gasteiger partial charge in [0.05, 0.1) is 6.42 Å². The van der Waals surface area contributed by atoms with Crippen molar-refractivity contribution in [1.29, 1.82) is 0 Å². The molecule has 1 N–H and O–H groups in total. The molecule has 2 amide bonds. The second kappa shape index (κ2) is 4.77. The van der Waals surface area contributed by atoms with Crippen LogP contribution in [0.15, 0.2) is 46.4 Å². The summed E-state index contributed by atoms with van der Waals surface area (Å²) >= 11 is 0. The van der Waals surface area contributed by atoms with Gasteiger partial charge in [-0.3, -0.25) is 14.9 Å². The van der Waals surface area contributed by atoms with Crippen LogP contribution in [0, 0.1) is 5.82 Å². The fourth-order valence-corrected chi connectivity index (χ4v) is 1.99. The third-order valence-electron chi connectivity index (χ3n) is 2.97. The molecule has 0 saturated carbocycles. The molecule has 1 saturated heterocycles. The number of carbonyl (C=O) groups excluding carboxylic acids is 2. The Bertz CT molecular complexity index is 713. The van der Waals surface area contributed by atoms with Crippen LogP contribution in [0.3, 0.4) is 0 Å². The highest BCUT2D eigenvalue weighted by atomic mass is 19.1. The van der Waals surface area contributed by atoms with Gasteiger partial charge in [0.2, 0.25) is 5.91 Å². The van der Waals surface area contributed by atoms with Gasteiger partial charge in [-0.25, -0.2) is 4.39 Å². The number of furan rings is 1. The second-order valence-electron chi connectivity index (χ2n) is 4.43. The molecule has 2 heterocycles. The maximum absolute atomic E-state index is 12.8. The molecule has 0 unspecified atom stereocenters. The number of imide groups is 1. The van der Waals surface area contributed by atoms with Gasteiger partial charge in [0.1, 0.15) is 17.3 Å². The van der Waals surface area contributed by atoms with E-state index in [9.17, 15) is 14.0 Å². The first-order valence-electron chi connectivity index (χ1n) is 6.02. The number of halogens is 1. The van der Waals surface area contributed by atoms with E-state index in [1.54, 1.807) is 24.3 Å². The summed E-state index contributed by atoms with van der Waals surface area (Å²) in [4.78, 5) is 22.5. The molecule has 20 heavy (non-hydrogen) atoms. The molecule has 0 radical (unpaired) electrons. The molecule has 1 fully saturated rings. The normalized spacial score (nSPS) is 16.8. The fraction of sp³-hybridized carbons (Fsp3) is 0.0667. The van der Waals surface area contributed by atoms with Gasteiger partial charge in [0.15, 0.2) is 0 Å². The van der Waals surface area contributed by atoms with Crippen LogP contribution in [0.1, 0.15) is 12.2 Å². The summed E-state index contributed by atoms with van der Waals surface area (Å²) in [5.41, 5.74) is 1.11. The topological polar surface area (TPSA) is 59.3 Å². The molecule has 4 nitrogen and oxygen atoms in total. The highest BCUT2D eigenvalue weighted by molar-refractivity contribution is 6.15. The Balaban J connectivity index is 1.87. The van der Waals surface area contributed by atoms with E-state index in [2.05, 4.69) is 5.32 Å². The van der Waals surface area contributed by atoms with Crippen molar-refractivity contribution >= 4 is 17.9 Å². The van der Waals surface area contributed by atoms with E-state index in [1.807, 2.05) is 0 Å². The quantitative estimate of drug-likeness (QED) is 0.674. The van der Waals surface area contributed by atoms with Gasteiger partial charge in [0.25, 0.3) is 5.91 Å². The van der Waals surface area contributed by atoms with Crippen LogP contribution in [0.25, 0.3) is 17.4 Å². The van der Waals surface area contributed by atoms with Crippen molar-refractivity contribution in [2.24, 2.45) is 0 Å². The molecule has 100 valence electrons. The Morgan fingerprint density at radius 3 is 2.50 bits per heavy atom. The van der Waals surface area contributed by atoms with E-state index in [-0.39, 0.29) is 18.1 Å². The SMILES string of the molecule is O=C1CC(=Cc2ccc(-c3ccc(F)cc3)o2)C(=O)N1. The third-order valence-corrected chi connectivity index (χ3v) is 2.97. The van der Waals surface area contributed by atoms with Gasteiger partial charge in [-0.2, -0.15) is 0 Å². The third kappa shape index (κ3) is 2.38. The van der Waals surface area contributed by atoms with E-state index in [0.717, 1.165) is 5.56 Å². The average Bonchev–Trinajstić information content (AvgIpc) is 2.98. The summed E-state index contributed by atoms with van der Waals surface area (Å²) in [6.07, 6.45) is 1.60. The number of hydrogen-bond acceptors (Lipinski definition) is 3. The van der Waals surface area contributed by atoms with E-state index < -0.39 is 5.91 Å². The maximum Gasteiger partial charge on any atom is 0.254 e. The van der Waals surface area contributed by atoms with Crippen LogP contribution in [-0.4, -0.2) is 11.8 Å². The lowest BCUT2D eigenvalue weighted by Gasteiger charge is -1.96. The number of rotatable bonds is 2. The molecule has 3 rings (SSSR count). The minimum atomic E-state index is -0.394. The molecule has 1 aliphatic heterocycles. The molecule has 0 atom stereocenters. The van der Waals surface area contributed by atoms with E-state index in [0.29, 0.717) is 17.1 Å². The highest BCUT2D eigenvalue weighted by Crippen LogP contribution is 2.24. The monoisotopic (exact) mass is 271 g/mol. The Hall–Kier alpha value is -2.69. The Kier molecular flexibility index (Phi) is 2.95. The van der Waals surface area contributed by atoms with E-state index in [1.165, 1.54) is 18.2 Å². The summed E-state index contributed by atoms with van der Waals surface area (Å²) in [5.74, 6) is 0.0239. The number of nitrogens with one attached hydrogen (secondary N) is 1. The predicted molar refractivity (Wildman–Crippen MR) is 69.8 cm³/mol. The lowest BCUT2D eigenvalue weighted by atomic mass is 10.2. The lowest BCUT2D eigenvalue weighted by Crippen LogP contribution is -2.19. The van der Waals surface area contributed by atoms with Crippen molar-refractivity contribution < 1.29 is 18.4 Å². The molecule has 1 aromatic carbocycles. The van der Waals surface area contributed by atoms with Gasteiger partial charge in [-0.15, -0.1) is 0 Å². The number of hydrogen-bond donors (Lipinski definition) is 1. The largest absolute Gasteiger partial charge is 0.457 e. The Morgan fingerprint density at radius 2 is 1.85 bits per heavy atom. The van der Waals surface area contributed by atoms with Crippen molar-refractivity contribution in [1.82, 2.24) is 5.32 Å². The number of amides is 2. The van der Waals surface area contributed by atoms with Gasteiger partial charge in [-0.05, 0) is 42.5 Å². The molecule has 0 spiro atoms. The van der Waals surface area contributed by atoms with Crippen LogP contribution in [-0.2, 0) is 9.59 Å². The van der Waals surface area contributed by atoms with E-state index >= 15 is 0 Å². The minimum absolute atomic E-state index is 0.0609. The van der Waals surface area contributed by atoms with Crippen LogP contribution in [0.2, 0.25) is 0 Å². The van der Waals surface area contributed by atoms with Crippen LogP contribution < -0.4 is 5.32 Å². The molecule has 2 aromatic rings. The second-order valence-corrected chi connectivity index (χ2v) is 4.43. The first-order valence-corrected chi connectivity index (χ1v) is 6.02. The average molecular weight is 271 g/mol. The predicted octanol–water partition coefficient (Wildman–Crippen LogP) is 2.52. The van der Waals surface area contributed by atoms with Gasteiger partial charge in [0, 0.05) is 11.1 Å². The van der Waals surface area contributed by atoms with Crippen LogP contribution in [0.5, 0.6) is 0 Å². The standard InChI is InChI=1S/C15H10FNO3/c16-11-3-1-9(2-4-11)13-6-5-12(20-13)7-10-8-14(18)17-15(10)19/h1-7H,8H2,(H,17,18,19). The van der Waals surface area contributed by atoms with Crippen molar-refractivity contribution in [2.75, 3.05) is 0 Å². The Morgan fingerprint density at radius 1 is 1.10 bits per heavy atom. The highest BCUT2D eigenvalue weighted by Gasteiger charge is 2.24. The van der Waals surface area contributed by atoms with Gasteiger partial charge < -0.3 is 4.42 Å². The summed E-state index contributed by atoms with van der Waals surface area (Å²) in [5, 5.41) is 2.20. The van der Waals surface area contributed by atoms with Crippen molar-refractivity contribution in [3.8, 4) is 11.3 Å². The van der Waals surface area contributed by atoms with Gasteiger partial charge >= 0.3 is 0 Å². The van der Waals surface area contributed by atoms with Crippen LogP contribution >= 0.6 is 0 Å². The zero-order valence-corrected chi connectivity index (χ0v) is 10.4. The van der Waals surface area contributed by atoms with Crippen LogP contribution in [0.4, 0.5) is 4.39 Å². The first-order chi connectivity index (χ1) is 9.61. The number of carbonyl (C=O) groups is 2. The molecule has 0 aliphatic carbocycles. The maximum atomic E-state index is 12.8. The van der Waals surface area contributed by atoms with Crippen molar-refractivity contribution in [2.45, 2.75) is 6.42 Å². The summed E-state index contributed by atoms with van der Waals surface area (Å²) in [7, 11) is 0. The van der Waals surface area contributed by atoms with Crippen molar-refractivity contribution in [3.05, 3.63) is 53.5 Å². The lowest BCUT2D eigenvalue weighted by molar-refractivity contribution is -0.124. The molecule has 5 heteroatoms. The molecular weight excluding hydrogens is 261 g/mol. The van der Waals surface area contributed by atoms with Gasteiger partial charge in [-0.1, -0.05) is 0 Å². The van der Waals surface area contributed by atoms with E-state index in [4.69, 9.17) is 4.42 Å². The first kappa shape index (κ1) is 12.3. The van der Waals surface area contributed by atoms with Crippen molar-refractivity contribution in [3.63, 3.8) is 0 Å². The fourth-order valence-electron chi connectivity index (χ4n) is 1.99. The summed E-state index contributed by atoms with van der Waals surface area (Å²) in [6.45, 7) is 0. The number of benzene rings is 1. The molecule has 0 bridgehead atoms. The zero-order valence-electron chi connectivity index (χ0n) is 10.4. The minimum Gasteiger partial charge on any atom is -0.457 e. The Labute approximate surface area is 113 Å². The smallest absolute Gasteiger partial charge is 0.254 e. The molecule has 1 aromatic heterocycles. The summed E-state index contributed by atoms with van der Waals surface area (Å²) < 4.78 is 18.4. The zero-order chi connectivity index (χ0) is 14.1. The molecule has 1 aliphatic rings. The summed E-state index contributed by atoms with van der Waals surface area (Å²) in [6, 6.07) is 9.34. The molecular formula is C15H10FNO3.